The first-order valence-electron chi connectivity index (χ1n) is 3.88. The highest BCUT2D eigenvalue weighted by Crippen LogP contribution is 2.19. The van der Waals surface area contributed by atoms with Crippen LogP contribution in [-0.2, 0) is 4.79 Å². The monoisotopic (exact) mass is 245 g/mol. The topological polar surface area (TPSA) is 29.1 Å². The normalized spacial score (nSPS) is 9.77. The van der Waals surface area contributed by atoms with Gasteiger partial charge < -0.3 is 5.32 Å². The summed E-state index contributed by atoms with van der Waals surface area (Å²) in [7, 11) is 0. The van der Waals surface area contributed by atoms with Gasteiger partial charge >= 0.3 is 0 Å². The van der Waals surface area contributed by atoms with Crippen LogP contribution in [0.2, 0.25) is 0 Å². The van der Waals surface area contributed by atoms with E-state index < -0.39 is 0 Å². The molecule has 0 aromatic heterocycles. The van der Waals surface area contributed by atoms with Crippen LogP contribution in [0, 0.1) is 5.82 Å². The highest BCUT2D eigenvalue weighted by Gasteiger charge is 2.02. The maximum absolute atomic E-state index is 12.9. The molecular weight excluding hydrogens is 237 g/mol. The Morgan fingerprint density at radius 2 is 2.31 bits per heavy atom. The number of carbonyl (C=O) groups excluding carboxylic acids is 1. The summed E-state index contributed by atoms with van der Waals surface area (Å²) in [6.45, 7) is 1.74. The molecule has 1 amide bonds. The SMILES string of the molecule is CCC(=O)Nc1ccc(Br)c(F)c1. The Morgan fingerprint density at radius 1 is 1.62 bits per heavy atom. The number of rotatable bonds is 2. The van der Waals surface area contributed by atoms with Crippen LogP contribution in [0.5, 0.6) is 0 Å². The fourth-order valence-corrected chi connectivity index (χ4v) is 1.07. The van der Waals surface area contributed by atoms with Crippen molar-refractivity contribution in [1.29, 1.82) is 0 Å². The van der Waals surface area contributed by atoms with Crippen LogP contribution in [-0.4, -0.2) is 5.91 Å². The number of nitrogens with one attached hydrogen (secondary N) is 1. The van der Waals surface area contributed by atoms with Crippen molar-refractivity contribution in [2.24, 2.45) is 0 Å². The van der Waals surface area contributed by atoms with Crippen LogP contribution in [0.25, 0.3) is 0 Å². The first-order chi connectivity index (χ1) is 6.13. The molecule has 1 N–H and O–H groups in total. The molecule has 0 heterocycles. The largest absolute Gasteiger partial charge is 0.326 e. The molecule has 0 saturated heterocycles. The minimum atomic E-state index is -0.381. The van der Waals surface area contributed by atoms with Gasteiger partial charge in [-0.3, -0.25) is 4.79 Å². The predicted octanol–water partition coefficient (Wildman–Crippen LogP) is 2.94. The lowest BCUT2D eigenvalue weighted by Gasteiger charge is -2.03. The number of anilines is 1. The Balaban J connectivity index is 2.79. The van der Waals surface area contributed by atoms with E-state index in [4.69, 9.17) is 0 Å². The Kier molecular flexibility index (Phi) is 3.42. The van der Waals surface area contributed by atoms with E-state index in [9.17, 15) is 9.18 Å². The van der Waals surface area contributed by atoms with Crippen LogP contribution >= 0.6 is 15.9 Å². The molecule has 0 fully saturated rings. The Morgan fingerprint density at radius 3 is 2.85 bits per heavy atom. The van der Waals surface area contributed by atoms with Gasteiger partial charge in [0.2, 0.25) is 5.91 Å². The summed E-state index contributed by atoms with van der Waals surface area (Å²) in [4.78, 5) is 10.9. The third-order valence-electron chi connectivity index (χ3n) is 1.52. The smallest absolute Gasteiger partial charge is 0.224 e. The lowest BCUT2D eigenvalue weighted by molar-refractivity contribution is -0.115. The van der Waals surface area contributed by atoms with Crippen molar-refractivity contribution in [3.8, 4) is 0 Å². The second-order valence-electron chi connectivity index (χ2n) is 2.53. The zero-order valence-electron chi connectivity index (χ0n) is 7.10. The summed E-state index contributed by atoms with van der Waals surface area (Å²) in [5, 5.41) is 2.56. The molecule has 1 aromatic rings. The fourth-order valence-electron chi connectivity index (χ4n) is 0.823. The molecule has 0 saturated carbocycles. The number of benzene rings is 1. The van der Waals surface area contributed by atoms with Gasteiger partial charge in [-0.25, -0.2) is 4.39 Å². The molecule has 0 atom stereocenters. The van der Waals surface area contributed by atoms with Crippen molar-refractivity contribution in [1.82, 2.24) is 0 Å². The number of halogens is 2. The van der Waals surface area contributed by atoms with E-state index in [-0.39, 0.29) is 11.7 Å². The Labute approximate surface area is 84.3 Å². The average Bonchev–Trinajstić information content (AvgIpc) is 2.11. The van der Waals surface area contributed by atoms with Gasteiger partial charge in [0.25, 0.3) is 0 Å². The van der Waals surface area contributed by atoms with Crippen molar-refractivity contribution < 1.29 is 9.18 Å². The maximum Gasteiger partial charge on any atom is 0.224 e. The molecule has 0 aliphatic rings. The highest BCUT2D eigenvalue weighted by atomic mass is 79.9. The Hall–Kier alpha value is -0.900. The summed E-state index contributed by atoms with van der Waals surface area (Å²) in [5.41, 5.74) is 0.479. The zero-order valence-corrected chi connectivity index (χ0v) is 8.69. The summed E-state index contributed by atoms with van der Waals surface area (Å²) in [6, 6.07) is 4.47. The van der Waals surface area contributed by atoms with Crippen LogP contribution in [0.15, 0.2) is 22.7 Å². The van der Waals surface area contributed by atoms with E-state index in [0.717, 1.165) is 0 Å². The molecule has 0 spiro atoms. The fraction of sp³-hybridized carbons (Fsp3) is 0.222. The van der Waals surface area contributed by atoms with E-state index in [1.54, 1.807) is 19.1 Å². The van der Waals surface area contributed by atoms with Gasteiger partial charge in [0.1, 0.15) is 5.82 Å². The highest BCUT2D eigenvalue weighted by molar-refractivity contribution is 9.10. The number of carbonyl (C=O) groups is 1. The van der Waals surface area contributed by atoms with E-state index in [1.807, 2.05) is 0 Å². The van der Waals surface area contributed by atoms with Crippen LogP contribution in [0.1, 0.15) is 13.3 Å². The van der Waals surface area contributed by atoms with Gasteiger partial charge in [0.05, 0.1) is 4.47 Å². The predicted molar refractivity (Wildman–Crippen MR) is 53.0 cm³/mol. The summed E-state index contributed by atoms with van der Waals surface area (Å²) in [5.74, 6) is -0.504. The Bertz CT molecular complexity index is 327. The van der Waals surface area contributed by atoms with Crippen molar-refractivity contribution in [2.45, 2.75) is 13.3 Å². The lowest BCUT2D eigenvalue weighted by Crippen LogP contribution is -2.09. The van der Waals surface area contributed by atoms with Crippen LogP contribution in [0.4, 0.5) is 10.1 Å². The van der Waals surface area contributed by atoms with Gasteiger partial charge in [0.15, 0.2) is 0 Å². The van der Waals surface area contributed by atoms with Gasteiger partial charge in [-0.05, 0) is 34.1 Å². The maximum atomic E-state index is 12.9. The third kappa shape index (κ3) is 2.81. The molecule has 4 heteroatoms. The van der Waals surface area contributed by atoms with Crippen molar-refractivity contribution in [3.05, 3.63) is 28.5 Å². The first-order valence-corrected chi connectivity index (χ1v) is 4.67. The van der Waals surface area contributed by atoms with Crippen molar-refractivity contribution in [2.75, 3.05) is 5.32 Å². The van der Waals surface area contributed by atoms with Crippen LogP contribution in [0.3, 0.4) is 0 Å². The number of hydrogen-bond acceptors (Lipinski definition) is 1. The van der Waals surface area contributed by atoms with Crippen molar-refractivity contribution >= 4 is 27.5 Å². The minimum Gasteiger partial charge on any atom is -0.326 e. The molecule has 0 radical (unpaired) electrons. The number of hydrogen-bond donors (Lipinski definition) is 1. The lowest BCUT2D eigenvalue weighted by atomic mass is 10.3. The van der Waals surface area contributed by atoms with Crippen LogP contribution < -0.4 is 5.32 Å². The third-order valence-corrected chi connectivity index (χ3v) is 2.17. The van der Waals surface area contributed by atoms with E-state index in [2.05, 4.69) is 21.2 Å². The zero-order chi connectivity index (χ0) is 9.84. The van der Waals surface area contributed by atoms with Gasteiger partial charge in [-0.15, -0.1) is 0 Å². The van der Waals surface area contributed by atoms with E-state index >= 15 is 0 Å². The molecule has 70 valence electrons. The molecule has 0 bridgehead atoms. The second-order valence-corrected chi connectivity index (χ2v) is 3.38. The first kappa shape index (κ1) is 10.2. The molecule has 0 unspecified atom stereocenters. The van der Waals surface area contributed by atoms with Gasteiger partial charge in [-0.2, -0.15) is 0 Å². The molecular formula is C9H9BrFNO. The quantitative estimate of drug-likeness (QED) is 0.853. The average molecular weight is 246 g/mol. The second kappa shape index (κ2) is 4.37. The molecule has 2 nitrogen and oxygen atoms in total. The summed E-state index contributed by atoms with van der Waals surface area (Å²) in [6.07, 6.45) is 0.387. The molecule has 13 heavy (non-hydrogen) atoms. The molecule has 1 aromatic carbocycles. The molecule has 0 aliphatic carbocycles. The van der Waals surface area contributed by atoms with Crippen molar-refractivity contribution in [3.63, 3.8) is 0 Å². The summed E-state index contributed by atoms with van der Waals surface area (Å²) < 4.78 is 13.3. The minimum absolute atomic E-state index is 0.123. The van der Waals surface area contributed by atoms with Gasteiger partial charge in [0, 0.05) is 12.1 Å². The van der Waals surface area contributed by atoms with Gasteiger partial charge in [-0.1, -0.05) is 6.92 Å². The number of amides is 1. The summed E-state index contributed by atoms with van der Waals surface area (Å²) >= 11 is 3.02. The standard InChI is InChI=1S/C9H9BrFNO/c1-2-9(13)12-6-3-4-7(10)8(11)5-6/h3-5H,2H2,1H3,(H,12,13). The van der Waals surface area contributed by atoms with E-state index in [0.29, 0.717) is 16.6 Å². The molecule has 1 rings (SSSR count). The van der Waals surface area contributed by atoms with E-state index in [1.165, 1.54) is 6.07 Å². The molecule has 0 aliphatic heterocycles.